The first-order valence-electron chi connectivity index (χ1n) is 9.49. The van der Waals surface area contributed by atoms with Crippen molar-refractivity contribution in [1.82, 2.24) is 15.2 Å². The molecule has 0 bridgehead atoms. The van der Waals surface area contributed by atoms with E-state index in [0.29, 0.717) is 0 Å². The molecule has 6 heteroatoms. The van der Waals surface area contributed by atoms with Gasteiger partial charge in [-0.15, -0.1) is 0 Å². The molecule has 1 aromatic heterocycles. The number of benzene rings is 2. The maximum Gasteiger partial charge on any atom is 0.237 e. The van der Waals surface area contributed by atoms with Crippen LogP contribution in [0.25, 0.3) is 11.0 Å². The minimum Gasteiger partial charge on any atom is -0.314 e. The number of carbonyl (C=O) groups is 1. The third-order valence-electron chi connectivity index (χ3n) is 6.24. The van der Waals surface area contributed by atoms with Gasteiger partial charge in [-0.1, -0.05) is 24.3 Å². The van der Waals surface area contributed by atoms with Gasteiger partial charge in [0.2, 0.25) is 5.91 Å². The number of aromatic nitrogens is 2. The van der Waals surface area contributed by atoms with Crippen molar-refractivity contribution >= 4 is 22.6 Å². The molecule has 2 aliphatic rings. The number of para-hydroxylation sites is 1. The minimum atomic E-state index is -0.326. The zero-order chi connectivity index (χ0) is 18.4. The molecular weight excluding hydrogens is 340 g/mol. The predicted octanol–water partition coefficient (Wildman–Crippen LogP) is 2.78. The van der Waals surface area contributed by atoms with Crippen molar-refractivity contribution < 1.29 is 9.42 Å². The number of nitrogens with zero attached hydrogens (tertiary/aromatic N) is 4. The molecule has 138 valence electrons. The molecule has 1 fully saturated rings. The third kappa shape index (κ3) is 2.55. The van der Waals surface area contributed by atoms with Crippen molar-refractivity contribution in [3.63, 3.8) is 0 Å². The van der Waals surface area contributed by atoms with Gasteiger partial charge in [0.15, 0.2) is 0 Å². The molecule has 1 spiro atoms. The molecule has 0 radical (unpaired) electrons. The van der Waals surface area contributed by atoms with Crippen LogP contribution >= 0.6 is 0 Å². The molecule has 1 saturated heterocycles. The molecule has 0 atom stereocenters. The second-order valence-electron chi connectivity index (χ2n) is 7.64. The van der Waals surface area contributed by atoms with E-state index in [1.165, 1.54) is 11.1 Å². The van der Waals surface area contributed by atoms with E-state index >= 15 is 0 Å². The molecule has 0 aliphatic carbocycles. The van der Waals surface area contributed by atoms with Gasteiger partial charge in [-0.05, 0) is 72.0 Å². The first-order valence-corrected chi connectivity index (χ1v) is 9.49. The summed E-state index contributed by atoms with van der Waals surface area (Å²) in [5, 5.41) is 7.77. The van der Waals surface area contributed by atoms with E-state index in [9.17, 15) is 4.79 Å². The molecule has 2 aromatic carbocycles. The minimum absolute atomic E-state index is 0.257. The highest BCUT2D eigenvalue weighted by atomic mass is 16.6. The highest BCUT2D eigenvalue weighted by Crippen LogP contribution is 2.47. The van der Waals surface area contributed by atoms with E-state index in [0.717, 1.165) is 55.6 Å². The number of fused-ring (bicyclic) bond motifs is 3. The molecule has 3 aromatic rings. The Bertz CT molecular complexity index is 1000. The summed E-state index contributed by atoms with van der Waals surface area (Å²) in [4.78, 5) is 17.3. The first kappa shape index (κ1) is 16.4. The summed E-state index contributed by atoms with van der Waals surface area (Å²) in [5.74, 6) is 0.257. The van der Waals surface area contributed by atoms with Gasteiger partial charge in [-0.2, -0.15) is 0 Å². The van der Waals surface area contributed by atoms with Crippen molar-refractivity contribution in [3.05, 3.63) is 53.6 Å². The van der Waals surface area contributed by atoms with Crippen LogP contribution < -0.4 is 4.90 Å². The number of anilines is 1. The molecule has 3 heterocycles. The van der Waals surface area contributed by atoms with Gasteiger partial charge in [0.1, 0.15) is 11.0 Å². The van der Waals surface area contributed by atoms with Crippen LogP contribution in [0.1, 0.15) is 24.0 Å². The van der Waals surface area contributed by atoms with Crippen LogP contribution in [0.5, 0.6) is 0 Å². The Morgan fingerprint density at radius 1 is 1.07 bits per heavy atom. The molecule has 6 nitrogen and oxygen atoms in total. The number of piperidine rings is 1. The molecule has 0 N–H and O–H groups in total. The molecule has 5 rings (SSSR count). The van der Waals surface area contributed by atoms with Crippen LogP contribution in [0.4, 0.5) is 5.69 Å². The molecule has 0 unspecified atom stereocenters. The summed E-state index contributed by atoms with van der Waals surface area (Å²) in [6.07, 6.45) is 2.74. The number of amides is 1. The van der Waals surface area contributed by atoms with Crippen molar-refractivity contribution in [2.24, 2.45) is 0 Å². The fraction of sp³-hybridized carbons (Fsp3) is 0.381. The maximum absolute atomic E-state index is 13.0. The highest BCUT2D eigenvalue weighted by Gasteiger charge is 2.50. The van der Waals surface area contributed by atoms with Crippen LogP contribution in [0, 0.1) is 0 Å². The molecule has 27 heavy (non-hydrogen) atoms. The summed E-state index contributed by atoms with van der Waals surface area (Å²) >= 11 is 0. The van der Waals surface area contributed by atoms with Crippen LogP contribution in [0.15, 0.2) is 47.1 Å². The fourth-order valence-electron chi connectivity index (χ4n) is 4.63. The average molecular weight is 362 g/mol. The zero-order valence-electron chi connectivity index (χ0n) is 15.4. The molecule has 2 aliphatic heterocycles. The van der Waals surface area contributed by atoms with Crippen LogP contribution in [-0.4, -0.2) is 47.8 Å². The predicted molar refractivity (Wildman–Crippen MR) is 103 cm³/mol. The Labute approximate surface area is 157 Å². The van der Waals surface area contributed by atoms with E-state index in [4.69, 9.17) is 4.63 Å². The van der Waals surface area contributed by atoms with E-state index in [2.05, 4.69) is 33.4 Å². The third-order valence-corrected chi connectivity index (χ3v) is 6.24. The lowest BCUT2D eigenvalue weighted by Gasteiger charge is -2.38. The molecule has 0 saturated carbocycles. The number of carbonyl (C=O) groups excluding carboxylic acids is 1. The lowest BCUT2D eigenvalue weighted by molar-refractivity contribution is -0.124. The number of rotatable bonds is 3. The van der Waals surface area contributed by atoms with Crippen LogP contribution in [0.2, 0.25) is 0 Å². The maximum atomic E-state index is 13.0. The lowest BCUT2D eigenvalue weighted by atomic mass is 9.73. The summed E-state index contributed by atoms with van der Waals surface area (Å²) in [6.45, 7) is 2.88. The van der Waals surface area contributed by atoms with Gasteiger partial charge >= 0.3 is 0 Å². The largest absolute Gasteiger partial charge is 0.314 e. The van der Waals surface area contributed by atoms with Gasteiger partial charge in [0, 0.05) is 19.3 Å². The van der Waals surface area contributed by atoms with Crippen molar-refractivity contribution in [2.75, 3.05) is 31.6 Å². The Balaban J connectivity index is 1.27. The Morgan fingerprint density at radius 2 is 1.85 bits per heavy atom. The smallest absolute Gasteiger partial charge is 0.237 e. The highest BCUT2D eigenvalue weighted by molar-refractivity contribution is 6.07. The summed E-state index contributed by atoms with van der Waals surface area (Å²) in [7, 11) is 1.90. The Morgan fingerprint density at radius 3 is 2.70 bits per heavy atom. The molecular formula is C21H22N4O2. The second kappa shape index (κ2) is 6.16. The van der Waals surface area contributed by atoms with Crippen molar-refractivity contribution in [1.29, 1.82) is 0 Å². The fourth-order valence-corrected chi connectivity index (χ4v) is 4.63. The second-order valence-corrected chi connectivity index (χ2v) is 7.64. The quantitative estimate of drug-likeness (QED) is 0.717. The van der Waals surface area contributed by atoms with E-state index < -0.39 is 0 Å². The Kier molecular flexibility index (Phi) is 3.75. The lowest BCUT2D eigenvalue weighted by Crippen LogP contribution is -2.48. The number of hydrogen-bond acceptors (Lipinski definition) is 5. The Hall–Kier alpha value is -2.73. The van der Waals surface area contributed by atoms with Gasteiger partial charge < -0.3 is 9.80 Å². The number of likely N-dealkylation sites (N-methyl/N-ethyl adjacent to an activating group) is 1. The SMILES string of the molecule is CN1C(=O)C2(CCN(CCc3ccc4nonc4c3)CC2)c2ccccc21. The van der Waals surface area contributed by atoms with Crippen LogP contribution in [-0.2, 0) is 16.6 Å². The van der Waals surface area contributed by atoms with E-state index in [1.54, 1.807) is 0 Å². The van der Waals surface area contributed by atoms with Gasteiger partial charge in [-0.25, -0.2) is 4.63 Å². The topological polar surface area (TPSA) is 62.5 Å². The van der Waals surface area contributed by atoms with Gasteiger partial charge in [-0.3, -0.25) is 4.79 Å². The first-order chi connectivity index (χ1) is 13.2. The zero-order valence-corrected chi connectivity index (χ0v) is 15.4. The summed E-state index contributed by atoms with van der Waals surface area (Å²) < 4.78 is 4.77. The van der Waals surface area contributed by atoms with Crippen LogP contribution in [0.3, 0.4) is 0 Å². The average Bonchev–Trinajstić information content (AvgIpc) is 3.26. The number of hydrogen-bond donors (Lipinski definition) is 0. The van der Waals surface area contributed by atoms with Crippen molar-refractivity contribution in [2.45, 2.75) is 24.7 Å². The normalized spacial score (nSPS) is 19.1. The van der Waals surface area contributed by atoms with E-state index in [-0.39, 0.29) is 11.3 Å². The standard InChI is InChI=1S/C21H22N4O2/c1-24-19-5-3-2-4-16(19)21(20(24)26)9-12-25(13-10-21)11-8-15-6-7-17-18(14-15)23-27-22-17/h2-7,14H,8-13H2,1H3. The monoisotopic (exact) mass is 362 g/mol. The number of likely N-dealkylation sites (tertiary alicyclic amines) is 1. The van der Waals surface area contributed by atoms with E-state index in [1.807, 2.05) is 36.2 Å². The molecule has 1 amide bonds. The van der Waals surface area contributed by atoms with Gasteiger partial charge in [0.25, 0.3) is 0 Å². The summed E-state index contributed by atoms with van der Waals surface area (Å²) in [6, 6.07) is 14.3. The summed E-state index contributed by atoms with van der Waals surface area (Å²) in [5.41, 5.74) is 4.79. The van der Waals surface area contributed by atoms with Crippen molar-refractivity contribution in [3.8, 4) is 0 Å². The van der Waals surface area contributed by atoms with Gasteiger partial charge in [0.05, 0.1) is 5.41 Å².